The van der Waals surface area contributed by atoms with E-state index in [0.29, 0.717) is 5.57 Å². The van der Waals surface area contributed by atoms with Gasteiger partial charge < -0.3 is 4.81 Å². The highest BCUT2D eigenvalue weighted by Gasteiger charge is 2.32. The third-order valence-corrected chi connectivity index (χ3v) is 2.19. The molecule has 1 fully saturated rings. The van der Waals surface area contributed by atoms with Crippen LogP contribution in [0.2, 0.25) is 0 Å². The molecule has 1 saturated heterocycles. The van der Waals surface area contributed by atoms with E-state index in [1.807, 2.05) is 20.8 Å². The van der Waals surface area contributed by atoms with E-state index in [0.717, 1.165) is 11.1 Å². The van der Waals surface area contributed by atoms with Gasteiger partial charge in [-0.3, -0.25) is 4.79 Å². The molecule has 0 aromatic carbocycles. The lowest BCUT2D eigenvalue weighted by atomic mass is 10.0. The summed E-state index contributed by atoms with van der Waals surface area (Å²) in [4.78, 5) is 12.7. The molecule has 1 heterocycles. The molecule has 2 radical (unpaired) electrons. The Labute approximate surface area is 74.4 Å². The van der Waals surface area contributed by atoms with E-state index in [4.69, 9.17) is 7.98 Å². The van der Waals surface area contributed by atoms with Gasteiger partial charge in [0.2, 0.25) is 13.9 Å². The number of nitrogens with zero attached hydrogens (tertiary/aromatic N) is 1. The van der Waals surface area contributed by atoms with Crippen molar-refractivity contribution in [2.24, 2.45) is 0 Å². The van der Waals surface area contributed by atoms with Crippen molar-refractivity contribution in [3.63, 3.8) is 0 Å². The molecule has 1 rings (SSSR count). The summed E-state index contributed by atoms with van der Waals surface area (Å²) in [6.07, 6.45) is 0. The van der Waals surface area contributed by atoms with Crippen LogP contribution in [0.15, 0.2) is 23.3 Å². The molecule has 0 aliphatic carbocycles. The maximum absolute atomic E-state index is 11.4. The molecule has 0 spiro atoms. The normalized spacial score (nSPS) is 23.8. The summed E-state index contributed by atoms with van der Waals surface area (Å²) in [5, 5.41) is 0. The molecular weight excluding hydrogens is 149 g/mol. The van der Waals surface area contributed by atoms with E-state index in [2.05, 4.69) is 6.58 Å². The maximum atomic E-state index is 11.4. The average molecular weight is 161 g/mol. The molecule has 0 bridgehead atoms. The lowest BCUT2D eigenvalue weighted by molar-refractivity contribution is -0.121. The Morgan fingerprint density at radius 2 is 2.08 bits per heavy atom. The largest absolute Gasteiger partial charge is 0.386 e. The quantitative estimate of drug-likeness (QED) is 0.386. The van der Waals surface area contributed by atoms with Crippen LogP contribution >= 0.6 is 0 Å². The van der Waals surface area contributed by atoms with Gasteiger partial charge in [-0.15, -0.1) is 0 Å². The van der Waals surface area contributed by atoms with Crippen LogP contribution in [-0.4, -0.2) is 24.7 Å². The maximum Gasteiger partial charge on any atom is 0.241 e. The SMILES string of the molecule is [B]N1C(=O)C(=C(C)C)C(=C)C1C. The predicted molar refractivity (Wildman–Crippen MR) is 49.6 cm³/mol. The third kappa shape index (κ3) is 1.09. The summed E-state index contributed by atoms with van der Waals surface area (Å²) in [6, 6.07) is -0.0672. The molecule has 62 valence electrons. The van der Waals surface area contributed by atoms with E-state index in [1.165, 1.54) is 4.81 Å². The van der Waals surface area contributed by atoms with Crippen LogP contribution in [0.5, 0.6) is 0 Å². The molecular formula is C9H12BNO. The Bertz CT molecular complexity index is 254. The highest BCUT2D eigenvalue weighted by molar-refractivity contribution is 6.22. The van der Waals surface area contributed by atoms with Crippen molar-refractivity contribution < 1.29 is 4.79 Å². The van der Waals surface area contributed by atoms with Crippen LogP contribution in [0.4, 0.5) is 0 Å². The first kappa shape index (κ1) is 9.11. The summed E-state index contributed by atoms with van der Waals surface area (Å²) in [5.74, 6) is -0.118. The summed E-state index contributed by atoms with van der Waals surface area (Å²) in [6.45, 7) is 9.50. The lowest BCUT2D eigenvalue weighted by Gasteiger charge is -2.14. The van der Waals surface area contributed by atoms with Crippen molar-refractivity contribution in [2.45, 2.75) is 26.8 Å². The molecule has 0 saturated carbocycles. The Kier molecular flexibility index (Phi) is 2.13. The van der Waals surface area contributed by atoms with Crippen LogP contribution in [0.25, 0.3) is 0 Å². The molecule has 3 heteroatoms. The zero-order chi connectivity index (χ0) is 9.46. The van der Waals surface area contributed by atoms with Gasteiger partial charge >= 0.3 is 0 Å². The van der Waals surface area contributed by atoms with E-state index in [-0.39, 0.29) is 11.9 Å². The number of carbonyl (C=O) groups excluding carboxylic acids is 1. The Balaban J connectivity index is 3.17. The molecule has 0 aromatic heterocycles. The van der Waals surface area contributed by atoms with Crippen molar-refractivity contribution in [3.8, 4) is 0 Å². The van der Waals surface area contributed by atoms with Gasteiger partial charge in [0.15, 0.2) is 0 Å². The second-order valence-electron chi connectivity index (χ2n) is 3.29. The molecule has 1 aliphatic rings. The van der Waals surface area contributed by atoms with E-state index in [1.54, 1.807) is 0 Å². The number of carbonyl (C=O) groups is 1. The fraction of sp³-hybridized carbons (Fsp3) is 0.444. The van der Waals surface area contributed by atoms with Crippen molar-refractivity contribution in [3.05, 3.63) is 23.3 Å². The van der Waals surface area contributed by atoms with Crippen LogP contribution in [0.3, 0.4) is 0 Å². The highest BCUT2D eigenvalue weighted by Crippen LogP contribution is 2.28. The van der Waals surface area contributed by atoms with Crippen LogP contribution in [0, 0.1) is 0 Å². The molecule has 2 nitrogen and oxygen atoms in total. The van der Waals surface area contributed by atoms with Gasteiger partial charge in [0.25, 0.3) is 0 Å². The lowest BCUT2D eigenvalue weighted by Crippen LogP contribution is -2.28. The monoisotopic (exact) mass is 161 g/mol. The molecule has 1 unspecified atom stereocenters. The van der Waals surface area contributed by atoms with Gasteiger partial charge in [-0.1, -0.05) is 12.2 Å². The van der Waals surface area contributed by atoms with Crippen LogP contribution < -0.4 is 0 Å². The third-order valence-electron chi connectivity index (χ3n) is 2.19. The minimum atomic E-state index is -0.118. The zero-order valence-corrected chi connectivity index (χ0v) is 7.72. The number of allylic oxidation sites excluding steroid dienone is 1. The van der Waals surface area contributed by atoms with Gasteiger partial charge in [-0.2, -0.15) is 0 Å². The first-order chi connectivity index (χ1) is 5.46. The smallest absolute Gasteiger partial charge is 0.241 e. The van der Waals surface area contributed by atoms with E-state index < -0.39 is 0 Å². The molecule has 1 atom stereocenters. The minimum Gasteiger partial charge on any atom is -0.386 e. The second-order valence-corrected chi connectivity index (χ2v) is 3.29. The summed E-state index contributed by atoms with van der Waals surface area (Å²) < 4.78 is 0. The second kappa shape index (κ2) is 2.81. The average Bonchev–Trinajstić information content (AvgIpc) is 2.16. The standard InChI is InChI=1S/C9H12BNO/c1-5(2)8-6(3)7(4)11(10)9(8)12/h7H,3H2,1-2,4H3. The molecule has 0 aromatic rings. The van der Waals surface area contributed by atoms with E-state index >= 15 is 0 Å². The Morgan fingerprint density at radius 3 is 2.25 bits per heavy atom. The van der Waals surface area contributed by atoms with Crippen molar-refractivity contribution >= 4 is 13.9 Å². The van der Waals surface area contributed by atoms with Crippen LogP contribution in [-0.2, 0) is 4.79 Å². The number of rotatable bonds is 0. The molecule has 1 amide bonds. The summed E-state index contributed by atoms with van der Waals surface area (Å²) >= 11 is 0. The van der Waals surface area contributed by atoms with Crippen molar-refractivity contribution in [1.82, 2.24) is 4.81 Å². The van der Waals surface area contributed by atoms with Gasteiger partial charge in [0, 0.05) is 11.6 Å². The fourth-order valence-corrected chi connectivity index (χ4v) is 1.35. The topological polar surface area (TPSA) is 20.3 Å². The van der Waals surface area contributed by atoms with Gasteiger partial charge in [0.1, 0.15) is 0 Å². The summed E-state index contributed by atoms with van der Waals surface area (Å²) in [7, 11) is 5.53. The minimum absolute atomic E-state index is 0.0672. The summed E-state index contributed by atoms with van der Waals surface area (Å²) in [5.41, 5.74) is 2.48. The van der Waals surface area contributed by atoms with Crippen LogP contribution in [0.1, 0.15) is 20.8 Å². The fourth-order valence-electron chi connectivity index (χ4n) is 1.35. The van der Waals surface area contributed by atoms with Crippen molar-refractivity contribution in [2.75, 3.05) is 0 Å². The predicted octanol–water partition coefficient (Wildman–Crippen LogP) is 1.19. The van der Waals surface area contributed by atoms with Gasteiger partial charge in [-0.05, 0) is 26.3 Å². The molecule has 1 aliphatic heterocycles. The molecule has 12 heavy (non-hydrogen) atoms. The Hall–Kier alpha value is -0.985. The number of hydrogen-bond donors (Lipinski definition) is 0. The first-order valence-corrected chi connectivity index (χ1v) is 3.91. The van der Waals surface area contributed by atoms with Gasteiger partial charge in [0.05, 0.1) is 0 Å². The van der Waals surface area contributed by atoms with E-state index in [9.17, 15) is 4.79 Å². The highest BCUT2D eigenvalue weighted by atomic mass is 16.2. The van der Waals surface area contributed by atoms with Gasteiger partial charge in [-0.25, -0.2) is 0 Å². The Morgan fingerprint density at radius 1 is 1.58 bits per heavy atom. The van der Waals surface area contributed by atoms with Crippen molar-refractivity contribution in [1.29, 1.82) is 0 Å². The number of amides is 1. The first-order valence-electron chi connectivity index (χ1n) is 3.91. The molecule has 0 N–H and O–H groups in total. The number of hydrogen-bond acceptors (Lipinski definition) is 1. The zero-order valence-electron chi connectivity index (χ0n) is 7.72.